The number of aliphatic hydroxyl groups excluding tert-OH is 1. The van der Waals surface area contributed by atoms with E-state index in [0.29, 0.717) is 6.42 Å². The van der Waals surface area contributed by atoms with Crippen molar-refractivity contribution in [2.45, 2.75) is 6.42 Å². The number of nitrogens with zero attached hydrogens (tertiary/aromatic N) is 2. The van der Waals surface area contributed by atoms with E-state index in [-0.39, 0.29) is 6.61 Å². The molecular weight excluding hydrogens is 178 g/mol. The van der Waals surface area contributed by atoms with Crippen LogP contribution < -0.4 is 0 Å². The van der Waals surface area contributed by atoms with Gasteiger partial charge in [-0.25, -0.2) is 4.98 Å². The van der Waals surface area contributed by atoms with Crippen molar-refractivity contribution in [3.05, 3.63) is 36.3 Å². The summed E-state index contributed by atoms with van der Waals surface area (Å²) in [6.07, 6.45) is 4.05. The number of aliphatic hydroxyl groups is 1. The van der Waals surface area contributed by atoms with Gasteiger partial charge in [-0.2, -0.15) is 0 Å². The molecule has 4 heteroatoms. The van der Waals surface area contributed by atoms with E-state index in [2.05, 4.69) is 15.0 Å². The van der Waals surface area contributed by atoms with E-state index in [1.807, 2.05) is 18.2 Å². The van der Waals surface area contributed by atoms with Crippen LogP contribution >= 0.6 is 0 Å². The van der Waals surface area contributed by atoms with Gasteiger partial charge < -0.3 is 10.1 Å². The van der Waals surface area contributed by atoms with Crippen LogP contribution in [-0.2, 0) is 6.42 Å². The monoisotopic (exact) mass is 189 g/mol. The highest BCUT2D eigenvalue weighted by Crippen LogP contribution is 2.11. The first-order valence-corrected chi connectivity index (χ1v) is 4.46. The summed E-state index contributed by atoms with van der Waals surface area (Å²) in [6.45, 7) is 0.129. The molecule has 0 radical (unpaired) electrons. The molecule has 0 atom stereocenters. The van der Waals surface area contributed by atoms with Gasteiger partial charge in [-0.1, -0.05) is 6.07 Å². The van der Waals surface area contributed by atoms with Gasteiger partial charge in [0.1, 0.15) is 5.69 Å². The Morgan fingerprint density at radius 1 is 1.29 bits per heavy atom. The molecule has 0 aliphatic heterocycles. The van der Waals surface area contributed by atoms with Crippen LogP contribution in [0.2, 0.25) is 0 Å². The Balaban J connectivity index is 2.25. The molecule has 2 N–H and O–H groups in total. The molecule has 0 aliphatic carbocycles. The van der Waals surface area contributed by atoms with Gasteiger partial charge in [0, 0.05) is 31.1 Å². The number of rotatable bonds is 3. The Hall–Kier alpha value is -1.68. The number of H-pyrrole nitrogens is 1. The number of aromatic nitrogens is 3. The summed E-state index contributed by atoms with van der Waals surface area (Å²) >= 11 is 0. The minimum Gasteiger partial charge on any atom is -0.396 e. The molecule has 0 aromatic carbocycles. The summed E-state index contributed by atoms with van der Waals surface area (Å²) in [5.41, 5.74) is 1.74. The Labute approximate surface area is 81.7 Å². The summed E-state index contributed by atoms with van der Waals surface area (Å²) < 4.78 is 0. The first-order valence-electron chi connectivity index (χ1n) is 4.46. The lowest BCUT2D eigenvalue weighted by Gasteiger charge is -1.94. The van der Waals surface area contributed by atoms with Crippen molar-refractivity contribution in [2.24, 2.45) is 0 Å². The normalized spacial score (nSPS) is 10.4. The van der Waals surface area contributed by atoms with Crippen LogP contribution in [0.25, 0.3) is 11.5 Å². The SMILES string of the molecule is OCCc1cnc(-c2ccccn2)[nH]1. The fourth-order valence-corrected chi connectivity index (χ4v) is 1.24. The second kappa shape index (κ2) is 4.02. The van der Waals surface area contributed by atoms with Gasteiger partial charge in [-0.3, -0.25) is 4.98 Å². The molecule has 0 amide bonds. The molecule has 0 aliphatic rings. The van der Waals surface area contributed by atoms with E-state index in [4.69, 9.17) is 5.11 Å². The number of pyridine rings is 1. The van der Waals surface area contributed by atoms with E-state index in [1.54, 1.807) is 12.4 Å². The third kappa shape index (κ3) is 1.80. The zero-order valence-electron chi connectivity index (χ0n) is 7.64. The smallest absolute Gasteiger partial charge is 0.156 e. The first-order chi connectivity index (χ1) is 6.90. The van der Waals surface area contributed by atoms with Crippen molar-refractivity contribution in [1.29, 1.82) is 0 Å². The van der Waals surface area contributed by atoms with Gasteiger partial charge in [0.2, 0.25) is 0 Å². The van der Waals surface area contributed by atoms with Crippen molar-refractivity contribution < 1.29 is 5.11 Å². The number of hydrogen-bond donors (Lipinski definition) is 2. The van der Waals surface area contributed by atoms with Crippen molar-refractivity contribution in [1.82, 2.24) is 15.0 Å². The zero-order chi connectivity index (χ0) is 9.80. The fraction of sp³-hybridized carbons (Fsp3) is 0.200. The second-order valence-electron chi connectivity index (χ2n) is 2.95. The Kier molecular flexibility index (Phi) is 2.55. The fourth-order valence-electron chi connectivity index (χ4n) is 1.24. The molecule has 2 heterocycles. The van der Waals surface area contributed by atoms with Crippen molar-refractivity contribution >= 4 is 0 Å². The quantitative estimate of drug-likeness (QED) is 0.757. The van der Waals surface area contributed by atoms with Crippen molar-refractivity contribution in [3.8, 4) is 11.5 Å². The molecular formula is C10H11N3O. The van der Waals surface area contributed by atoms with Crippen LogP contribution in [0.15, 0.2) is 30.6 Å². The Bertz CT molecular complexity index is 397. The van der Waals surface area contributed by atoms with Crippen LogP contribution in [0.4, 0.5) is 0 Å². The average molecular weight is 189 g/mol. The predicted molar refractivity (Wildman–Crippen MR) is 52.6 cm³/mol. The lowest BCUT2D eigenvalue weighted by atomic mass is 10.3. The van der Waals surface area contributed by atoms with Crippen molar-refractivity contribution in [3.63, 3.8) is 0 Å². The standard InChI is InChI=1S/C10H11N3O/c14-6-4-8-7-12-10(13-8)9-3-1-2-5-11-9/h1-3,5,7,14H,4,6H2,(H,12,13). The highest BCUT2D eigenvalue weighted by molar-refractivity contribution is 5.48. The molecule has 2 rings (SSSR count). The predicted octanol–water partition coefficient (Wildman–Crippen LogP) is 1.01. The third-order valence-electron chi connectivity index (χ3n) is 1.92. The average Bonchev–Trinajstić information content (AvgIpc) is 2.68. The van der Waals surface area contributed by atoms with Gasteiger partial charge in [-0.15, -0.1) is 0 Å². The molecule has 14 heavy (non-hydrogen) atoms. The van der Waals surface area contributed by atoms with Gasteiger partial charge in [0.15, 0.2) is 5.82 Å². The molecule has 0 fully saturated rings. The summed E-state index contributed by atoms with van der Waals surface area (Å²) in [7, 11) is 0. The van der Waals surface area contributed by atoms with E-state index >= 15 is 0 Å². The molecule has 0 bridgehead atoms. The lowest BCUT2D eigenvalue weighted by Crippen LogP contribution is -1.90. The Morgan fingerprint density at radius 3 is 2.93 bits per heavy atom. The largest absolute Gasteiger partial charge is 0.396 e. The number of aromatic amines is 1. The Morgan fingerprint density at radius 2 is 2.21 bits per heavy atom. The van der Waals surface area contributed by atoms with Crippen LogP contribution in [-0.4, -0.2) is 26.7 Å². The second-order valence-corrected chi connectivity index (χ2v) is 2.95. The number of nitrogens with one attached hydrogen (secondary N) is 1. The maximum Gasteiger partial charge on any atom is 0.156 e. The van der Waals surface area contributed by atoms with Gasteiger partial charge >= 0.3 is 0 Å². The minimum atomic E-state index is 0.129. The summed E-state index contributed by atoms with van der Waals surface area (Å²) in [4.78, 5) is 11.4. The van der Waals surface area contributed by atoms with Gasteiger partial charge in [-0.05, 0) is 12.1 Å². The van der Waals surface area contributed by atoms with Crippen LogP contribution in [0.3, 0.4) is 0 Å². The molecule has 2 aromatic rings. The van der Waals surface area contributed by atoms with Gasteiger partial charge in [0.05, 0.1) is 0 Å². The van der Waals surface area contributed by atoms with Gasteiger partial charge in [0.25, 0.3) is 0 Å². The summed E-state index contributed by atoms with van der Waals surface area (Å²) in [5, 5.41) is 8.74. The highest BCUT2D eigenvalue weighted by atomic mass is 16.3. The molecule has 0 saturated carbocycles. The topological polar surface area (TPSA) is 61.8 Å². The molecule has 2 aromatic heterocycles. The maximum atomic E-state index is 8.74. The number of hydrogen-bond acceptors (Lipinski definition) is 3. The molecule has 72 valence electrons. The van der Waals surface area contributed by atoms with E-state index in [0.717, 1.165) is 17.2 Å². The van der Waals surface area contributed by atoms with E-state index < -0.39 is 0 Å². The molecule has 0 unspecified atom stereocenters. The van der Waals surface area contributed by atoms with Crippen LogP contribution in [0.5, 0.6) is 0 Å². The summed E-state index contributed by atoms with van der Waals surface area (Å²) in [6, 6.07) is 5.67. The third-order valence-corrected chi connectivity index (χ3v) is 1.92. The zero-order valence-corrected chi connectivity index (χ0v) is 7.64. The van der Waals surface area contributed by atoms with Crippen LogP contribution in [0, 0.1) is 0 Å². The maximum absolute atomic E-state index is 8.74. The highest BCUT2D eigenvalue weighted by Gasteiger charge is 2.02. The van der Waals surface area contributed by atoms with Crippen molar-refractivity contribution in [2.75, 3.05) is 6.61 Å². The molecule has 0 saturated heterocycles. The van der Waals surface area contributed by atoms with Crippen LogP contribution in [0.1, 0.15) is 5.69 Å². The number of imidazole rings is 1. The first kappa shape index (κ1) is 8.90. The lowest BCUT2D eigenvalue weighted by molar-refractivity contribution is 0.298. The van der Waals surface area contributed by atoms with E-state index in [1.165, 1.54) is 0 Å². The summed E-state index contributed by atoms with van der Waals surface area (Å²) in [5.74, 6) is 0.744. The molecule has 4 nitrogen and oxygen atoms in total. The van der Waals surface area contributed by atoms with E-state index in [9.17, 15) is 0 Å². The molecule has 0 spiro atoms. The minimum absolute atomic E-state index is 0.129.